The third-order valence-corrected chi connectivity index (χ3v) is 2.56. The van der Waals surface area contributed by atoms with Crippen LogP contribution in [0.15, 0.2) is 47.4 Å². The number of alkyl halides is 3. The monoisotopic (exact) mass is 253 g/mol. The molecule has 0 aliphatic carbocycles. The van der Waals surface area contributed by atoms with Gasteiger partial charge in [0.05, 0.1) is 0 Å². The first kappa shape index (κ1) is 12.4. The number of aromatic nitrogens is 1. The van der Waals surface area contributed by atoms with Gasteiger partial charge in [-0.05, 0) is 23.8 Å². The number of hydrogen-bond donors (Lipinski definition) is 0. The lowest BCUT2D eigenvalue weighted by molar-refractivity contribution is 0.151. The number of pyridine rings is 1. The highest BCUT2D eigenvalue weighted by atomic mass is 19.3. The van der Waals surface area contributed by atoms with Crippen molar-refractivity contribution in [1.82, 2.24) is 4.57 Å². The standard InChI is InChI=1S/C13H10F3NO/c14-8-9-1-3-11(4-2-9)17-6-5-10(13(15)16)7-12(17)18/h1-7,13H,8H2. The molecule has 0 fully saturated rings. The maximum atomic E-state index is 12.4. The SMILES string of the molecule is O=c1cc(C(F)F)ccn1-c1ccc(CF)cc1. The summed E-state index contributed by atoms with van der Waals surface area (Å²) in [5, 5.41) is 0. The predicted molar refractivity (Wildman–Crippen MR) is 61.8 cm³/mol. The Balaban J connectivity index is 2.41. The Hall–Kier alpha value is -2.04. The van der Waals surface area contributed by atoms with Crippen molar-refractivity contribution in [3.8, 4) is 5.69 Å². The third-order valence-electron chi connectivity index (χ3n) is 2.56. The molecule has 1 aromatic heterocycles. The smallest absolute Gasteiger partial charge is 0.264 e. The normalized spacial score (nSPS) is 10.9. The van der Waals surface area contributed by atoms with E-state index in [0.717, 1.165) is 6.07 Å². The topological polar surface area (TPSA) is 22.0 Å². The van der Waals surface area contributed by atoms with Crippen molar-refractivity contribution in [3.63, 3.8) is 0 Å². The van der Waals surface area contributed by atoms with Crippen molar-refractivity contribution < 1.29 is 13.2 Å². The minimum Gasteiger partial charge on any atom is -0.284 e. The van der Waals surface area contributed by atoms with Gasteiger partial charge in [-0.1, -0.05) is 12.1 Å². The number of hydrogen-bond acceptors (Lipinski definition) is 1. The van der Waals surface area contributed by atoms with Gasteiger partial charge >= 0.3 is 0 Å². The van der Waals surface area contributed by atoms with E-state index in [-0.39, 0.29) is 5.56 Å². The van der Waals surface area contributed by atoms with Crippen molar-refractivity contribution in [2.24, 2.45) is 0 Å². The quantitative estimate of drug-likeness (QED) is 0.823. The van der Waals surface area contributed by atoms with Crippen molar-refractivity contribution in [1.29, 1.82) is 0 Å². The lowest BCUT2D eigenvalue weighted by atomic mass is 10.2. The predicted octanol–water partition coefficient (Wildman–Crippen LogP) is 3.24. The highest BCUT2D eigenvalue weighted by Gasteiger charge is 2.09. The van der Waals surface area contributed by atoms with E-state index in [1.807, 2.05) is 0 Å². The fourth-order valence-electron chi connectivity index (χ4n) is 1.59. The van der Waals surface area contributed by atoms with Crippen LogP contribution in [0.2, 0.25) is 0 Å². The Labute approximate surface area is 101 Å². The van der Waals surface area contributed by atoms with Crippen LogP contribution in [0, 0.1) is 0 Å². The van der Waals surface area contributed by atoms with Gasteiger partial charge in [0.25, 0.3) is 12.0 Å². The van der Waals surface area contributed by atoms with Gasteiger partial charge in [0, 0.05) is 23.5 Å². The summed E-state index contributed by atoms with van der Waals surface area (Å²) in [6.45, 7) is -0.584. The van der Waals surface area contributed by atoms with Crippen LogP contribution >= 0.6 is 0 Å². The van der Waals surface area contributed by atoms with Crippen LogP contribution in [0.3, 0.4) is 0 Å². The summed E-state index contributed by atoms with van der Waals surface area (Å²) in [5.41, 5.74) is 0.159. The molecule has 1 heterocycles. The van der Waals surface area contributed by atoms with E-state index in [0.29, 0.717) is 11.3 Å². The summed E-state index contributed by atoms with van der Waals surface area (Å²) in [5.74, 6) is 0. The number of rotatable bonds is 3. The number of halogens is 3. The average molecular weight is 253 g/mol. The maximum Gasteiger partial charge on any atom is 0.264 e. The van der Waals surface area contributed by atoms with Gasteiger partial charge in [0.1, 0.15) is 6.67 Å². The van der Waals surface area contributed by atoms with Crippen molar-refractivity contribution in [2.75, 3.05) is 0 Å². The molecule has 0 aliphatic heterocycles. The average Bonchev–Trinajstić information content (AvgIpc) is 2.38. The molecule has 0 unspecified atom stereocenters. The van der Waals surface area contributed by atoms with Crippen LogP contribution in [0.4, 0.5) is 13.2 Å². The van der Waals surface area contributed by atoms with Crippen LogP contribution in [0.25, 0.3) is 5.69 Å². The summed E-state index contributed by atoms with van der Waals surface area (Å²) in [7, 11) is 0. The Morgan fingerprint density at radius 3 is 2.28 bits per heavy atom. The summed E-state index contributed by atoms with van der Waals surface area (Å²) in [6, 6.07) is 8.31. The third kappa shape index (κ3) is 2.45. The molecule has 1 aromatic carbocycles. The second-order valence-electron chi connectivity index (χ2n) is 3.77. The van der Waals surface area contributed by atoms with Crippen LogP contribution in [-0.4, -0.2) is 4.57 Å². The van der Waals surface area contributed by atoms with E-state index in [1.54, 1.807) is 24.3 Å². The molecule has 0 atom stereocenters. The first-order valence-corrected chi connectivity index (χ1v) is 5.28. The molecule has 2 aromatic rings. The fraction of sp³-hybridized carbons (Fsp3) is 0.154. The van der Waals surface area contributed by atoms with E-state index < -0.39 is 18.7 Å². The Morgan fingerprint density at radius 1 is 1.11 bits per heavy atom. The summed E-state index contributed by atoms with van der Waals surface area (Å²) in [4.78, 5) is 11.7. The molecule has 0 N–H and O–H groups in total. The van der Waals surface area contributed by atoms with Gasteiger partial charge in [-0.15, -0.1) is 0 Å². The van der Waals surface area contributed by atoms with E-state index in [1.165, 1.54) is 16.8 Å². The Bertz CT molecular complexity index is 590. The molecule has 2 nitrogen and oxygen atoms in total. The van der Waals surface area contributed by atoms with Gasteiger partial charge in [0.2, 0.25) is 0 Å². The molecule has 0 saturated carbocycles. The largest absolute Gasteiger partial charge is 0.284 e. The van der Waals surface area contributed by atoms with E-state index in [2.05, 4.69) is 0 Å². The van der Waals surface area contributed by atoms with Crippen LogP contribution in [0.1, 0.15) is 17.6 Å². The zero-order valence-corrected chi connectivity index (χ0v) is 9.32. The maximum absolute atomic E-state index is 12.4. The minimum absolute atomic E-state index is 0.309. The molecule has 0 radical (unpaired) electrons. The van der Waals surface area contributed by atoms with E-state index in [4.69, 9.17) is 0 Å². The summed E-state index contributed by atoms with van der Waals surface area (Å²) >= 11 is 0. The first-order chi connectivity index (χ1) is 8.61. The summed E-state index contributed by atoms with van der Waals surface area (Å²) in [6.07, 6.45) is -1.38. The number of benzene rings is 1. The van der Waals surface area contributed by atoms with Crippen molar-refractivity contribution in [3.05, 3.63) is 64.1 Å². The van der Waals surface area contributed by atoms with Gasteiger partial charge in [-0.25, -0.2) is 13.2 Å². The first-order valence-electron chi connectivity index (χ1n) is 5.28. The fourth-order valence-corrected chi connectivity index (χ4v) is 1.59. The highest BCUT2D eigenvalue weighted by Crippen LogP contribution is 2.17. The minimum atomic E-state index is -2.67. The van der Waals surface area contributed by atoms with Crippen molar-refractivity contribution in [2.45, 2.75) is 13.1 Å². The molecule has 0 amide bonds. The van der Waals surface area contributed by atoms with Crippen LogP contribution in [-0.2, 0) is 6.67 Å². The van der Waals surface area contributed by atoms with E-state index >= 15 is 0 Å². The lowest BCUT2D eigenvalue weighted by Gasteiger charge is -2.07. The molecule has 5 heteroatoms. The molecule has 0 spiro atoms. The van der Waals surface area contributed by atoms with Gasteiger partial charge in [-0.2, -0.15) is 0 Å². The zero-order valence-electron chi connectivity index (χ0n) is 9.32. The molecule has 2 rings (SSSR count). The van der Waals surface area contributed by atoms with Gasteiger partial charge in [0.15, 0.2) is 0 Å². The summed E-state index contributed by atoms with van der Waals surface area (Å²) < 4.78 is 38.3. The molecule has 94 valence electrons. The van der Waals surface area contributed by atoms with Crippen LogP contribution in [0.5, 0.6) is 0 Å². The van der Waals surface area contributed by atoms with Gasteiger partial charge in [-0.3, -0.25) is 9.36 Å². The Kier molecular flexibility index (Phi) is 3.50. The zero-order chi connectivity index (χ0) is 13.1. The van der Waals surface area contributed by atoms with Crippen LogP contribution < -0.4 is 5.56 Å². The van der Waals surface area contributed by atoms with Gasteiger partial charge < -0.3 is 0 Å². The molecule has 0 bridgehead atoms. The molecular formula is C13H10F3NO. The molecule has 18 heavy (non-hydrogen) atoms. The second kappa shape index (κ2) is 5.08. The molecule has 0 saturated heterocycles. The molecular weight excluding hydrogens is 243 g/mol. The lowest BCUT2D eigenvalue weighted by Crippen LogP contribution is -2.17. The molecule has 0 aliphatic rings. The second-order valence-corrected chi connectivity index (χ2v) is 3.77. The Morgan fingerprint density at radius 2 is 1.78 bits per heavy atom. The van der Waals surface area contributed by atoms with Crippen molar-refractivity contribution >= 4 is 0 Å². The van der Waals surface area contributed by atoms with E-state index in [9.17, 15) is 18.0 Å². The highest BCUT2D eigenvalue weighted by molar-refractivity contribution is 5.35. The number of nitrogens with zero attached hydrogens (tertiary/aromatic N) is 1.